The smallest absolute Gasteiger partial charge is 0.257 e. The molecule has 0 radical (unpaired) electrons. The second-order valence-corrected chi connectivity index (χ2v) is 8.80. The highest BCUT2D eigenvalue weighted by molar-refractivity contribution is 7.99. The number of aromatic amines is 1. The van der Waals surface area contributed by atoms with Crippen LogP contribution in [-0.4, -0.2) is 29.8 Å². The zero-order valence-electron chi connectivity index (χ0n) is 16.5. The molecule has 1 amide bonds. The molecule has 1 heterocycles. The molecule has 0 aliphatic rings. The predicted molar refractivity (Wildman–Crippen MR) is 129 cm³/mol. The number of thioether (sulfide) groups is 1. The number of carbonyl (C=O) groups excluding carboxylic acids is 1. The van der Waals surface area contributed by atoms with Crippen LogP contribution in [0, 0.1) is 0 Å². The number of H-pyrrole nitrogens is 1. The van der Waals surface area contributed by atoms with E-state index in [0.29, 0.717) is 22.3 Å². The molecule has 0 fully saturated rings. The number of carbonyl (C=O) groups is 1. The third-order valence-corrected chi connectivity index (χ3v) is 6.27. The van der Waals surface area contributed by atoms with Crippen molar-refractivity contribution in [2.45, 2.75) is 4.90 Å². The van der Waals surface area contributed by atoms with Gasteiger partial charge in [-0.15, -0.1) is 11.8 Å². The maximum Gasteiger partial charge on any atom is 0.257 e. The number of para-hydroxylation sites is 1. The van der Waals surface area contributed by atoms with E-state index in [1.165, 1.54) is 0 Å². The van der Waals surface area contributed by atoms with Crippen molar-refractivity contribution >= 4 is 51.8 Å². The third kappa shape index (κ3) is 5.56. The minimum absolute atomic E-state index is 0.0323. The average molecular weight is 471 g/mol. The van der Waals surface area contributed by atoms with Crippen LogP contribution in [0.3, 0.4) is 0 Å². The highest BCUT2D eigenvalue weighted by atomic mass is 35.5. The van der Waals surface area contributed by atoms with E-state index in [4.69, 9.17) is 27.9 Å². The molecule has 0 saturated carbocycles. The molecule has 0 atom stereocenters. The fraction of sp³-hybridized carbons (Fsp3) is 0.125. The highest BCUT2D eigenvalue weighted by Crippen LogP contribution is 2.37. The first-order chi connectivity index (χ1) is 15.1. The summed E-state index contributed by atoms with van der Waals surface area (Å²) in [6.07, 6.45) is 0. The molecule has 3 aromatic carbocycles. The van der Waals surface area contributed by atoms with Crippen LogP contribution in [0.1, 0.15) is 0 Å². The minimum Gasteiger partial charge on any atom is -0.484 e. The lowest BCUT2D eigenvalue weighted by molar-refractivity contribution is -0.122. The number of rotatable bonds is 8. The Labute approximate surface area is 194 Å². The average Bonchev–Trinajstić information content (AvgIpc) is 3.15. The van der Waals surface area contributed by atoms with Gasteiger partial charge in [-0.05, 0) is 48.0 Å². The maximum atomic E-state index is 12.1. The molecule has 158 valence electrons. The Hall–Kier alpha value is -2.60. The monoisotopic (exact) mass is 470 g/mol. The number of halogens is 2. The number of amides is 1. The summed E-state index contributed by atoms with van der Waals surface area (Å²) in [5.74, 6) is 1.18. The topological polar surface area (TPSA) is 54.1 Å². The van der Waals surface area contributed by atoms with E-state index in [1.54, 1.807) is 36.0 Å². The van der Waals surface area contributed by atoms with E-state index in [1.807, 2.05) is 36.4 Å². The largest absolute Gasteiger partial charge is 0.484 e. The van der Waals surface area contributed by atoms with Gasteiger partial charge in [0.15, 0.2) is 6.61 Å². The summed E-state index contributed by atoms with van der Waals surface area (Å²) in [6, 6.07) is 22.9. The first kappa shape index (κ1) is 21.6. The molecule has 0 saturated heterocycles. The van der Waals surface area contributed by atoms with E-state index in [2.05, 4.69) is 22.4 Å². The maximum absolute atomic E-state index is 12.1. The molecule has 4 nitrogen and oxygen atoms in total. The Bertz CT molecular complexity index is 1170. The number of aromatic nitrogens is 1. The molecule has 0 unspecified atom stereocenters. The summed E-state index contributed by atoms with van der Waals surface area (Å²) >= 11 is 13.6. The number of ether oxygens (including phenoxy) is 1. The second kappa shape index (κ2) is 10.1. The predicted octanol–water partition coefficient (Wildman–Crippen LogP) is 6.43. The number of fused-ring (bicyclic) bond motifs is 1. The van der Waals surface area contributed by atoms with E-state index < -0.39 is 0 Å². The molecule has 0 spiro atoms. The Morgan fingerprint density at radius 2 is 1.61 bits per heavy atom. The van der Waals surface area contributed by atoms with Crippen molar-refractivity contribution in [2.24, 2.45) is 0 Å². The first-order valence-corrected chi connectivity index (χ1v) is 11.5. The van der Waals surface area contributed by atoms with E-state index in [9.17, 15) is 4.79 Å². The third-order valence-electron chi connectivity index (χ3n) is 4.65. The van der Waals surface area contributed by atoms with Crippen LogP contribution < -0.4 is 10.1 Å². The first-order valence-electron chi connectivity index (χ1n) is 9.74. The van der Waals surface area contributed by atoms with Crippen LogP contribution >= 0.6 is 35.0 Å². The molecule has 7 heteroatoms. The minimum atomic E-state index is -0.160. The highest BCUT2D eigenvalue weighted by Gasteiger charge is 2.13. The van der Waals surface area contributed by atoms with Gasteiger partial charge in [-0.25, -0.2) is 0 Å². The molecule has 4 rings (SSSR count). The number of nitrogens with one attached hydrogen (secondary N) is 2. The number of hydrogen-bond donors (Lipinski definition) is 2. The summed E-state index contributed by atoms with van der Waals surface area (Å²) < 4.78 is 5.48. The Morgan fingerprint density at radius 1 is 0.935 bits per heavy atom. The van der Waals surface area contributed by atoms with Crippen LogP contribution in [0.4, 0.5) is 0 Å². The fourth-order valence-electron chi connectivity index (χ4n) is 3.16. The van der Waals surface area contributed by atoms with Crippen LogP contribution in [0.25, 0.3) is 22.2 Å². The van der Waals surface area contributed by atoms with Crippen LogP contribution in [0.15, 0.2) is 77.7 Å². The van der Waals surface area contributed by atoms with Gasteiger partial charge in [-0.2, -0.15) is 0 Å². The van der Waals surface area contributed by atoms with Gasteiger partial charge in [0.1, 0.15) is 5.75 Å². The summed E-state index contributed by atoms with van der Waals surface area (Å²) in [7, 11) is 0. The molecule has 0 bridgehead atoms. The van der Waals surface area contributed by atoms with Crippen molar-refractivity contribution in [1.29, 1.82) is 0 Å². The van der Waals surface area contributed by atoms with Crippen molar-refractivity contribution in [3.8, 4) is 17.0 Å². The standard InChI is InChI=1S/C24H20Cl2N2O2S/c25-17-7-5-16(6-8-17)23-24(20-3-1-2-4-21(20)28-23)31-14-13-27-22(29)15-30-19-11-9-18(26)10-12-19/h1-12,28H,13-15H2,(H,27,29). The Kier molecular flexibility index (Phi) is 7.07. The molecule has 1 aromatic heterocycles. The van der Waals surface area contributed by atoms with E-state index in [0.717, 1.165) is 32.8 Å². The van der Waals surface area contributed by atoms with E-state index in [-0.39, 0.29) is 12.5 Å². The van der Waals surface area contributed by atoms with Gasteiger partial charge < -0.3 is 15.0 Å². The van der Waals surface area contributed by atoms with Crippen molar-refractivity contribution in [3.63, 3.8) is 0 Å². The molecule has 31 heavy (non-hydrogen) atoms. The second-order valence-electron chi connectivity index (χ2n) is 6.82. The molecule has 2 N–H and O–H groups in total. The lowest BCUT2D eigenvalue weighted by Crippen LogP contribution is -2.30. The zero-order valence-corrected chi connectivity index (χ0v) is 18.9. The normalized spacial score (nSPS) is 10.9. The van der Waals surface area contributed by atoms with Gasteiger partial charge in [0.2, 0.25) is 0 Å². The van der Waals surface area contributed by atoms with Crippen LogP contribution in [0.2, 0.25) is 10.0 Å². The summed E-state index contributed by atoms with van der Waals surface area (Å²) in [6.45, 7) is 0.502. The van der Waals surface area contributed by atoms with Gasteiger partial charge in [0.05, 0.1) is 5.69 Å². The Morgan fingerprint density at radius 3 is 2.35 bits per heavy atom. The SMILES string of the molecule is O=C(COc1ccc(Cl)cc1)NCCSc1c(-c2ccc(Cl)cc2)[nH]c2ccccc12. The van der Waals surface area contributed by atoms with Crippen molar-refractivity contribution < 1.29 is 9.53 Å². The quantitative estimate of drug-likeness (QED) is 0.230. The molecule has 4 aromatic rings. The van der Waals surface area contributed by atoms with Crippen molar-refractivity contribution in [3.05, 3.63) is 82.8 Å². The van der Waals surface area contributed by atoms with Gasteiger partial charge in [-0.1, -0.05) is 53.5 Å². The number of benzene rings is 3. The lowest BCUT2D eigenvalue weighted by Gasteiger charge is -2.08. The fourth-order valence-corrected chi connectivity index (χ4v) is 4.47. The zero-order chi connectivity index (χ0) is 21.6. The molecule has 0 aliphatic carbocycles. The number of hydrogen-bond acceptors (Lipinski definition) is 3. The van der Waals surface area contributed by atoms with Crippen molar-refractivity contribution in [1.82, 2.24) is 10.3 Å². The van der Waals surface area contributed by atoms with Gasteiger partial charge in [0.25, 0.3) is 5.91 Å². The Balaban J connectivity index is 1.36. The summed E-state index contributed by atoms with van der Waals surface area (Å²) in [5, 5.41) is 5.40. The lowest BCUT2D eigenvalue weighted by atomic mass is 10.1. The van der Waals surface area contributed by atoms with Crippen molar-refractivity contribution in [2.75, 3.05) is 18.9 Å². The summed E-state index contributed by atoms with van der Waals surface area (Å²) in [5.41, 5.74) is 3.21. The van der Waals surface area contributed by atoms with Gasteiger partial charge in [-0.3, -0.25) is 4.79 Å². The molecular weight excluding hydrogens is 451 g/mol. The summed E-state index contributed by atoms with van der Waals surface area (Å²) in [4.78, 5) is 16.8. The van der Waals surface area contributed by atoms with Gasteiger partial charge in [0, 0.05) is 38.1 Å². The molecular formula is C24H20Cl2N2O2S. The van der Waals surface area contributed by atoms with Gasteiger partial charge >= 0.3 is 0 Å². The van der Waals surface area contributed by atoms with Crippen LogP contribution in [0.5, 0.6) is 5.75 Å². The van der Waals surface area contributed by atoms with Crippen LogP contribution in [-0.2, 0) is 4.79 Å². The molecule has 0 aliphatic heterocycles. The van der Waals surface area contributed by atoms with E-state index >= 15 is 0 Å².